The summed E-state index contributed by atoms with van der Waals surface area (Å²) >= 11 is 0. The van der Waals surface area contributed by atoms with Crippen molar-refractivity contribution >= 4 is 0 Å². The van der Waals surface area contributed by atoms with Crippen LogP contribution in [0.4, 0.5) is 4.39 Å². The van der Waals surface area contributed by atoms with E-state index >= 15 is 0 Å². The monoisotopic (exact) mass is 304 g/mol. The normalized spacial score (nSPS) is 10.3. The number of aromatic amines is 1. The van der Waals surface area contributed by atoms with E-state index in [1.165, 1.54) is 12.1 Å². The van der Waals surface area contributed by atoms with Gasteiger partial charge >= 0.3 is 0 Å². The second-order valence-electron chi connectivity index (χ2n) is 5.20. The van der Waals surface area contributed by atoms with Crippen molar-refractivity contribution in [1.29, 1.82) is 5.26 Å². The third-order valence-electron chi connectivity index (χ3n) is 3.58. The van der Waals surface area contributed by atoms with Crippen LogP contribution in [0.5, 0.6) is 0 Å². The molecule has 0 aliphatic heterocycles. The molecule has 0 bridgehead atoms. The quantitative estimate of drug-likeness (QED) is 0.803. The SMILES string of the molecule is N#Cc1cc(Cc2cccc(F)c2)c(=O)[nH]c1-c1ccccc1. The van der Waals surface area contributed by atoms with Gasteiger partial charge in [0, 0.05) is 12.0 Å². The Morgan fingerprint density at radius 1 is 1.04 bits per heavy atom. The number of H-pyrrole nitrogens is 1. The summed E-state index contributed by atoms with van der Waals surface area (Å²) in [5.74, 6) is -0.347. The van der Waals surface area contributed by atoms with Gasteiger partial charge in [0.2, 0.25) is 0 Å². The van der Waals surface area contributed by atoms with Gasteiger partial charge in [0.25, 0.3) is 5.56 Å². The summed E-state index contributed by atoms with van der Waals surface area (Å²) in [5, 5.41) is 9.37. The molecular formula is C19H13FN2O. The molecule has 1 N–H and O–H groups in total. The first-order valence-corrected chi connectivity index (χ1v) is 7.13. The zero-order chi connectivity index (χ0) is 16.2. The highest BCUT2D eigenvalue weighted by molar-refractivity contribution is 5.66. The second-order valence-corrected chi connectivity index (χ2v) is 5.20. The van der Waals surface area contributed by atoms with Crippen LogP contribution in [-0.4, -0.2) is 4.98 Å². The first-order chi connectivity index (χ1) is 11.2. The van der Waals surface area contributed by atoms with Gasteiger partial charge in [0.05, 0.1) is 11.3 Å². The molecule has 3 rings (SSSR count). The Kier molecular flexibility index (Phi) is 4.03. The van der Waals surface area contributed by atoms with Gasteiger partial charge < -0.3 is 4.98 Å². The molecule has 3 nitrogen and oxygen atoms in total. The number of halogens is 1. The number of pyridine rings is 1. The van der Waals surface area contributed by atoms with Gasteiger partial charge in [0.1, 0.15) is 11.9 Å². The molecule has 0 aliphatic rings. The van der Waals surface area contributed by atoms with Crippen LogP contribution < -0.4 is 5.56 Å². The van der Waals surface area contributed by atoms with Crippen LogP contribution in [0.15, 0.2) is 65.5 Å². The van der Waals surface area contributed by atoms with Crippen molar-refractivity contribution in [2.45, 2.75) is 6.42 Å². The van der Waals surface area contributed by atoms with E-state index in [9.17, 15) is 14.4 Å². The van der Waals surface area contributed by atoms with Crippen LogP contribution in [0.1, 0.15) is 16.7 Å². The minimum atomic E-state index is -0.347. The molecule has 0 unspecified atom stereocenters. The number of aromatic nitrogens is 1. The van der Waals surface area contributed by atoms with Crippen molar-refractivity contribution < 1.29 is 4.39 Å². The second kappa shape index (κ2) is 6.29. The fourth-order valence-electron chi connectivity index (χ4n) is 2.49. The number of nitrogens with zero attached hydrogens (tertiary/aromatic N) is 1. The number of hydrogen-bond acceptors (Lipinski definition) is 2. The van der Waals surface area contributed by atoms with Crippen molar-refractivity contribution in [3.05, 3.63) is 93.5 Å². The fraction of sp³-hybridized carbons (Fsp3) is 0.0526. The highest BCUT2D eigenvalue weighted by Gasteiger charge is 2.11. The molecule has 0 spiro atoms. The summed E-state index contributed by atoms with van der Waals surface area (Å²) in [7, 11) is 0. The van der Waals surface area contributed by atoms with E-state index in [2.05, 4.69) is 11.1 Å². The van der Waals surface area contributed by atoms with Gasteiger partial charge in [-0.05, 0) is 29.3 Å². The van der Waals surface area contributed by atoms with Gasteiger partial charge in [-0.2, -0.15) is 5.26 Å². The average molecular weight is 304 g/mol. The van der Waals surface area contributed by atoms with Gasteiger partial charge in [-0.1, -0.05) is 42.5 Å². The highest BCUT2D eigenvalue weighted by Crippen LogP contribution is 2.20. The van der Waals surface area contributed by atoms with Crippen LogP contribution in [0.25, 0.3) is 11.3 Å². The molecule has 0 amide bonds. The predicted octanol–water partition coefficient (Wildman–Crippen LogP) is 3.64. The number of nitrogens with one attached hydrogen (secondary N) is 1. The molecule has 0 saturated heterocycles. The molecule has 0 saturated carbocycles. The molecule has 0 radical (unpaired) electrons. The number of benzene rings is 2. The third kappa shape index (κ3) is 3.19. The molecule has 1 heterocycles. The Bertz CT molecular complexity index is 940. The molecule has 1 aromatic heterocycles. The van der Waals surface area contributed by atoms with Gasteiger partial charge in [-0.15, -0.1) is 0 Å². The maximum Gasteiger partial charge on any atom is 0.252 e. The summed E-state index contributed by atoms with van der Waals surface area (Å²) < 4.78 is 13.3. The molecule has 3 aromatic rings. The Morgan fingerprint density at radius 3 is 2.52 bits per heavy atom. The lowest BCUT2D eigenvalue weighted by Gasteiger charge is -2.07. The van der Waals surface area contributed by atoms with Crippen LogP contribution in [0, 0.1) is 17.1 Å². The average Bonchev–Trinajstić information content (AvgIpc) is 2.57. The van der Waals surface area contributed by atoms with E-state index in [1.807, 2.05) is 30.3 Å². The number of hydrogen-bond donors (Lipinski definition) is 1. The largest absolute Gasteiger partial charge is 0.321 e. The Balaban J connectivity index is 2.04. The lowest BCUT2D eigenvalue weighted by atomic mass is 10.0. The predicted molar refractivity (Wildman–Crippen MR) is 86.4 cm³/mol. The van der Waals surface area contributed by atoms with Gasteiger partial charge in [-0.25, -0.2) is 4.39 Å². The van der Waals surface area contributed by atoms with Gasteiger partial charge in [-0.3, -0.25) is 4.79 Å². The van der Waals surface area contributed by atoms with E-state index < -0.39 is 0 Å². The lowest BCUT2D eigenvalue weighted by Crippen LogP contribution is -2.15. The standard InChI is InChI=1S/C19H13FN2O/c20-17-8-4-5-13(10-17)9-15-11-16(12-21)18(22-19(15)23)14-6-2-1-3-7-14/h1-8,10-11H,9H2,(H,22,23). The summed E-state index contributed by atoms with van der Waals surface area (Å²) in [6, 6.07) is 19.0. The van der Waals surface area contributed by atoms with Crippen molar-refractivity contribution in [1.82, 2.24) is 4.98 Å². The minimum Gasteiger partial charge on any atom is -0.321 e. The van der Waals surface area contributed by atoms with Crippen molar-refractivity contribution in [3.8, 4) is 17.3 Å². The summed E-state index contributed by atoms with van der Waals surface area (Å²) in [6.07, 6.45) is 0.275. The molecule has 0 fully saturated rings. The summed E-state index contributed by atoms with van der Waals surface area (Å²) in [4.78, 5) is 15.1. The zero-order valence-electron chi connectivity index (χ0n) is 12.2. The van der Waals surface area contributed by atoms with E-state index in [-0.39, 0.29) is 17.8 Å². The zero-order valence-corrected chi connectivity index (χ0v) is 12.2. The van der Waals surface area contributed by atoms with Crippen LogP contribution >= 0.6 is 0 Å². The lowest BCUT2D eigenvalue weighted by molar-refractivity contribution is 0.626. The highest BCUT2D eigenvalue weighted by atomic mass is 19.1. The van der Waals surface area contributed by atoms with Crippen LogP contribution in [-0.2, 0) is 6.42 Å². The Labute approximate surface area is 132 Å². The smallest absolute Gasteiger partial charge is 0.252 e. The summed E-state index contributed by atoms with van der Waals surface area (Å²) in [6.45, 7) is 0. The maximum atomic E-state index is 13.3. The third-order valence-corrected chi connectivity index (χ3v) is 3.58. The first-order valence-electron chi connectivity index (χ1n) is 7.13. The number of nitriles is 1. The fourth-order valence-corrected chi connectivity index (χ4v) is 2.49. The van der Waals surface area contributed by atoms with E-state index in [1.54, 1.807) is 18.2 Å². The molecule has 0 atom stereocenters. The van der Waals surface area contributed by atoms with Crippen molar-refractivity contribution in [3.63, 3.8) is 0 Å². The van der Waals surface area contributed by atoms with Crippen molar-refractivity contribution in [2.24, 2.45) is 0 Å². The Morgan fingerprint density at radius 2 is 1.83 bits per heavy atom. The molecule has 112 valence electrons. The minimum absolute atomic E-state index is 0.271. The van der Waals surface area contributed by atoms with Gasteiger partial charge in [0.15, 0.2) is 0 Å². The topological polar surface area (TPSA) is 56.6 Å². The van der Waals surface area contributed by atoms with Crippen LogP contribution in [0.3, 0.4) is 0 Å². The maximum absolute atomic E-state index is 13.3. The molecule has 4 heteroatoms. The molecule has 23 heavy (non-hydrogen) atoms. The van der Waals surface area contributed by atoms with E-state index in [0.717, 1.165) is 5.56 Å². The van der Waals surface area contributed by atoms with Crippen molar-refractivity contribution in [2.75, 3.05) is 0 Å². The summed E-state index contributed by atoms with van der Waals surface area (Å²) in [5.41, 5.74) is 2.52. The first kappa shape index (κ1) is 14.7. The van der Waals surface area contributed by atoms with E-state index in [0.29, 0.717) is 22.4 Å². The Hall–Kier alpha value is -3.19. The van der Waals surface area contributed by atoms with Crippen LogP contribution in [0.2, 0.25) is 0 Å². The van der Waals surface area contributed by atoms with E-state index in [4.69, 9.17) is 0 Å². The molecule has 2 aromatic carbocycles. The number of rotatable bonds is 3. The molecular weight excluding hydrogens is 291 g/mol. The molecule has 0 aliphatic carbocycles.